The van der Waals surface area contributed by atoms with Gasteiger partial charge in [-0.05, 0) is 93.7 Å². The number of phenolic OH excluding ortho intramolecular Hbond substituents is 1. The summed E-state index contributed by atoms with van der Waals surface area (Å²) < 4.78 is 0. The van der Waals surface area contributed by atoms with E-state index in [4.69, 9.17) is 0 Å². The highest BCUT2D eigenvalue weighted by Gasteiger charge is 2.28. The van der Waals surface area contributed by atoms with Gasteiger partial charge in [0, 0.05) is 11.4 Å². The van der Waals surface area contributed by atoms with E-state index in [1.807, 2.05) is 23.1 Å². The van der Waals surface area contributed by atoms with E-state index < -0.39 is 0 Å². The minimum Gasteiger partial charge on any atom is -0.507 e. The van der Waals surface area contributed by atoms with Crippen LogP contribution in [0.4, 0.5) is 10.5 Å². The van der Waals surface area contributed by atoms with Gasteiger partial charge in [0.2, 0.25) is 0 Å². The van der Waals surface area contributed by atoms with Crippen molar-refractivity contribution >= 4 is 11.7 Å². The molecule has 2 aromatic carbocycles. The zero-order valence-corrected chi connectivity index (χ0v) is 27.7. The summed E-state index contributed by atoms with van der Waals surface area (Å²) in [7, 11) is 0. The van der Waals surface area contributed by atoms with Crippen LogP contribution in [-0.4, -0.2) is 11.1 Å². The van der Waals surface area contributed by atoms with Gasteiger partial charge in [-0.2, -0.15) is 0 Å². The number of phenols is 1. The lowest BCUT2D eigenvalue weighted by Gasteiger charge is -2.30. The molecule has 0 saturated heterocycles. The van der Waals surface area contributed by atoms with Crippen LogP contribution in [-0.2, 0) is 17.4 Å². The lowest BCUT2D eigenvalue weighted by atomic mass is 9.78. The predicted octanol–water partition coefficient (Wildman–Crippen LogP) is 10.3. The molecule has 0 aromatic heterocycles. The highest BCUT2D eigenvalue weighted by Crippen LogP contribution is 2.40. The van der Waals surface area contributed by atoms with Gasteiger partial charge in [0.05, 0.1) is 6.54 Å². The molecule has 4 nitrogen and oxygen atoms in total. The number of carbonyl (C=O) groups is 1. The molecule has 0 atom stereocenters. The maximum Gasteiger partial charge on any atom is 0.326 e. The fourth-order valence-corrected chi connectivity index (χ4v) is 4.85. The maximum atomic E-state index is 14.2. The Labute approximate surface area is 250 Å². The zero-order valence-electron chi connectivity index (χ0n) is 27.7. The molecule has 4 heteroatoms. The molecule has 41 heavy (non-hydrogen) atoms. The number of nitrogens with one attached hydrogen (secondary N) is 1. The van der Waals surface area contributed by atoms with Crippen molar-refractivity contribution in [3.8, 4) is 5.75 Å². The van der Waals surface area contributed by atoms with Gasteiger partial charge in [-0.25, -0.2) is 4.79 Å². The number of anilines is 1. The van der Waals surface area contributed by atoms with Gasteiger partial charge in [-0.1, -0.05) is 107 Å². The normalized spacial score (nSPS) is 13.4. The summed E-state index contributed by atoms with van der Waals surface area (Å²) in [6.07, 6.45) is 4.53. The molecular weight excluding hydrogens is 504 g/mol. The fraction of sp³-hybridized carbons (Fsp3) is 0.486. The number of benzene rings is 2. The zero-order chi connectivity index (χ0) is 31.3. The fourth-order valence-electron chi connectivity index (χ4n) is 4.85. The first-order valence-electron chi connectivity index (χ1n) is 15.0. The molecule has 0 unspecified atom stereocenters. The summed E-state index contributed by atoms with van der Waals surface area (Å²) in [5.74, 6) is 1.00. The number of urea groups is 1. The van der Waals surface area contributed by atoms with Crippen LogP contribution >= 0.6 is 0 Å². The Hall–Kier alpha value is -3.27. The second kappa shape index (κ2) is 13.6. The van der Waals surface area contributed by atoms with Gasteiger partial charge >= 0.3 is 6.03 Å². The number of nitrogens with zero attached hydrogens (tertiary/aromatic N) is 1. The highest BCUT2D eigenvalue weighted by atomic mass is 16.3. The Morgan fingerprint density at radius 2 is 1.49 bits per heavy atom. The smallest absolute Gasteiger partial charge is 0.326 e. The minimum absolute atomic E-state index is 0.191. The van der Waals surface area contributed by atoms with Crippen molar-refractivity contribution < 1.29 is 9.90 Å². The average Bonchev–Trinajstić information content (AvgIpc) is 2.88. The first kappa shape index (κ1) is 33.9. The molecule has 0 saturated carbocycles. The SMILES string of the molecule is C=C/C=C(CC)\C(NC(=O)N(Cc1cc(C(C)(C)C)c(O)c(C(C)(C)C)c1)c1ccc(C(C)C)cc1)=C(/C)C(C)C. The molecule has 0 aliphatic rings. The van der Waals surface area contributed by atoms with Gasteiger partial charge in [-0.3, -0.25) is 4.90 Å². The molecule has 0 heterocycles. The molecule has 0 fully saturated rings. The van der Waals surface area contributed by atoms with E-state index in [-0.39, 0.29) is 22.8 Å². The van der Waals surface area contributed by atoms with E-state index in [0.29, 0.717) is 18.2 Å². The Kier molecular flexibility index (Phi) is 11.3. The first-order chi connectivity index (χ1) is 18.9. The van der Waals surface area contributed by atoms with Crippen molar-refractivity contribution in [2.24, 2.45) is 5.92 Å². The van der Waals surface area contributed by atoms with Crippen LogP contribution in [0.15, 0.2) is 72.0 Å². The second-order valence-corrected chi connectivity index (χ2v) is 13.8. The molecule has 0 radical (unpaired) electrons. The Morgan fingerprint density at radius 1 is 0.976 bits per heavy atom. The number of hydrogen-bond acceptors (Lipinski definition) is 2. The van der Waals surface area contributed by atoms with E-state index in [0.717, 1.165) is 45.6 Å². The molecule has 0 aliphatic heterocycles. The number of aromatic hydroxyl groups is 1. The van der Waals surface area contributed by atoms with E-state index in [1.165, 1.54) is 5.56 Å². The minimum atomic E-state index is -0.262. The van der Waals surface area contributed by atoms with Crippen LogP contribution in [0.3, 0.4) is 0 Å². The molecule has 2 aromatic rings. The van der Waals surface area contributed by atoms with Crippen LogP contribution in [0.2, 0.25) is 0 Å². The Balaban J connectivity index is 2.74. The van der Waals surface area contributed by atoms with Gasteiger partial charge in [0.25, 0.3) is 0 Å². The van der Waals surface area contributed by atoms with Crippen molar-refractivity contribution in [2.45, 2.75) is 113 Å². The Bertz CT molecular complexity index is 1240. The molecule has 0 aliphatic carbocycles. The number of rotatable bonds is 9. The van der Waals surface area contributed by atoms with E-state index >= 15 is 0 Å². The maximum absolute atomic E-state index is 14.2. The van der Waals surface area contributed by atoms with Gasteiger partial charge < -0.3 is 10.4 Å². The summed E-state index contributed by atoms with van der Waals surface area (Å²) in [4.78, 5) is 16.0. The molecule has 2 N–H and O–H groups in total. The van der Waals surface area contributed by atoms with Crippen LogP contribution in [0, 0.1) is 5.92 Å². The molecule has 0 spiro atoms. The summed E-state index contributed by atoms with van der Waals surface area (Å²) in [6, 6.07) is 12.2. The third-order valence-corrected chi connectivity index (χ3v) is 7.76. The van der Waals surface area contributed by atoms with Crippen LogP contribution < -0.4 is 10.2 Å². The lowest BCUT2D eigenvalue weighted by Crippen LogP contribution is -2.40. The largest absolute Gasteiger partial charge is 0.507 e. The average molecular weight is 559 g/mol. The monoisotopic (exact) mass is 558 g/mol. The topological polar surface area (TPSA) is 52.6 Å². The number of carbonyl (C=O) groups excluding carboxylic acids is 1. The predicted molar refractivity (Wildman–Crippen MR) is 177 cm³/mol. The van der Waals surface area contributed by atoms with Gasteiger partial charge in [-0.15, -0.1) is 0 Å². The summed E-state index contributed by atoms with van der Waals surface area (Å²) in [6.45, 7) is 29.7. The van der Waals surface area contributed by atoms with Crippen LogP contribution in [0.1, 0.15) is 118 Å². The van der Waals surface area contributed by atoms with Crippen molar-refractivity contribution in [1.82, 2.24) is 5.32 Å². The third kappa shape index (κ3) is 8.61. The summed E-state index contributed by atoms with van der Waals surface area (Å²) in [5.41, 5.74) is 7.29. The quantitative estimate of drug-likeness (QED) is 0.301. The van der Waals surface area contributed by atoms with E-state index in [2.05, 4.69) is 119 Å². The van der Waals surface area contributed by atoms with Crippen molar-refractivity contribution in [2.75, 3.05) is 4.90 Å². The molecule has 0 bridgehead atoms. The highest BCUT2D eigenvalue weighted by molar-refractivity contribution is 5.93. The van der Waals surface area contributed by atoms with Gasteiger partial charge in [0.1, 0.15) is 5.75 Å². The van der Waals surface area contributed by atoms with Crippen LogP contribution in [0.25, 0.3) is 0 Å². The summed E-state index contributed by atoms with van der Waals surface area (Å²) >= 11 is 0. The molecule has 2 amide bonds. The second-order valence-electron chi connectivity index (χ2n) is 13.8. The van der Waals surface area contributed by atoms with Crippen molar-refractivity contribution in [3.05, 3.63) is 94.2 Å². The molecular formula is C37H54N2O2. The van der Waals surface area contributed by atoms with Crippen LogP contribution in [0.5, 0.6) is 5.75 Å². The van der Waals surface area contributed by atoms with Crippen molar-refractivity contribution in [1.29, 1.82) is 0 Å². The standard InChI is InChI=1S/C37H54N2O2/c1-14-16-28(15-2)33(26(7)24(3)4)38-35(41)39(30-19-17-29(18-20-30)25(5)6)23-27-21-31(36(8,9)10)34(40)32(22-27)37(11,12)13/h14,16-22,24-25,40H,1,15,23H2,2-13H3,(H,38,41)/b28-16-,33-26-. The summed E-state index contributed by atoms with van der Waals surface area (Å²) in [5, 5.41) is 14.6. The van der Waals surface area contributed by atoms with Gasteiger partial charge in [0.15, 0.2) is 0 Å². The third-order valence-electron chi connectivity index (χ3n) is 7.76. The Morgan fingerprint density at radius 3 is 1.88 bits per heavy atom. The molecule has 224 valence electrons. The van der Waals surface area contributed by atoms with Crippen molar-refractivity contribution in [3.63, 3.8) is 0 Å². The van der Waals surface area contributed by atoms with E-state index in [1.54, 1.807) is 6.08 Å². The first-order valence-corrected chi connectivity index (χ1v) is 15.0. The van der Waals surface area contributed by atoms with E-state index in [9.17, 15) is 9.90 Å². The lowest BCUT2D eigenvalue weighted by molar-refractivity contribution is 0.248. The number of allylic oxidation sites excluding steroid dienone is 4. The number of amides is 2. The number of hydrogen-bond donors (Lipinski definition) is 2. The molecule has 2 rings (SSSR count).